The molecule has 0 heterocycles. The summed E-state index contributed by atoms with van der Waals surface area (Å²) in [7, 11) is 0. The summed E-state index contributed by atoms with van der Waals surface area (Å²) in [6, 6.07) is -3.14. The van der Waals surface area contributed by atoms with E-state index < -0.39 is 42.1 Å². The molecule has 0 rings (SSSR count). The molecule has 0 saturated carbocycles. The molecule has 0 aromatic rings. The summed E-state index contributed by atoms with van der Waals surface area (Å²) in [4.78, 5) is 36.4. The fraction of sp³-hybridized carbons (Fsp3) is 0.706. The number of allylic oxidation sites excluding steroid dienone is 1. The van der Waals surface area contributed by atoms with Gasteiger partial charge in [0.05, 0.1) is 12.1 Å². The van der Waals surface area contributed by atoms with Crippen LogP contribution in [0.4, 0.5) is 0 Å². The number of hydrogen-bond donors (Lipinski definition) is 3. The molecule has 0 aromatic carbocycles. The quantitative estimate of drug-likeness (QED) is 0.204. The summed E-state index contributed by atoms with van der Waals surface area (Å²) in [6.07, 6.45) is 3.04. The molecule has 9 nitrogen and oxygen atoms in total. The Kier molecular flexibility index (Phi) is 15.6. The van der Waals surface area contributed by atoms with Gasteiger partial charge >= 0.3 is 63.3 Å². The van der Waals surface area contributed by atoms with Crippen LogP contribution in [-0.2, 0) is 14.4 Å². The van der Waals surface area contributed by atoms with E-state index in [0.29, 0.717) is 6.42 Å². The fourth-order valence-corrected chi connectivity index (χ4v) is 2.48. The normalized spacial score (nSPS) is 16.0. The van der Waals surface area contributed by atoms with E-state index in [4.69, 9.17) is 0 Å². The Labute approximate surface area is 202 Å². The number of aliphatic hydroxyl groups is 1. The van der Waals surface area contributed by atoms with Crippen LogP contribution in [0.2, 0.25) is 0 Å². The first-order valence-electron chi connectivity index (χ1n) is 8.48. The van der Waals surface area contributed by atoms with Crippen molar-refractivity contribution in [2.45, 2.75) is 58.3 Å². The van der Waals surface area contributed by atoms with Crippen LogP contribution in [0.15, 0.2) is 12.2 Å². The Morgan fingerprint density at radius 2 is 1.48 bits per heavy atom. The van der Waals surface area contributed by atoms with Crippen LogP contribution in [-0.4, -0.2) is 86.9 Å². The molecular formula is C17H29KN2O7. The zero-order valence-corrected chi connectivity index (χ0v) is 19.8. The van der Waals surface area contributed by atoms with Crippen LogP contribution in [0, 0.1) is 0 Å². The molecule has 0 spiro atoms. The maximum Gasteiger partial charge on any atom is 1.00 e. The Balaban J connectivity index is 0. The number of rotatable bonds is 13. The van der Waals surface area contributed by atoms with Crippen LogP contribution in [0.1, 0.15) is 34.1 Å². The molecule has 150 valence electrons. The second-order valence-electron chi connectivity index (χ2n) is 6.21. The van der Waals surface area contributed by atoms with Gasteiger partial charge in [0.1, 0.15) is 12.1 Å². The number of carboxylic acid groups (broad SMARTS) is 3. The number of aliphatic carboxylic acids is 3. The summed E-state index contributed by atoms with van der Waals surface area (Å²) in [6.45, 7) is 6.06. The average Bonchev–Trinajstić information content (AvgIpc) is 2.57. The zero-order valence-electron chi connectivity index (χ0n) is 16.7. The van der Waals surface area contributed by atoms with Gasteiger partial charge in [-0.05, 0) is 34.1 Å². The molecule has 4 unspecified atom stereocenters. The third-order valence-corrected chi connectivity index (χ3v) is 4.33. The summed E-state index contributed by atoms with van der Waals surface area (Å²) in [5.41, 5.74) is 0. The molecule has 0 amide bonds. The summed E-state index contributed by atoms with van der Waals surface area (Å²) < 4.78 is 0. The van der Waals surface area contributed by atoms with E-state index in [1.54, 1.807) is 19.1 Å². The van der Waals surface area contributed by atoms with Gasteiger partial charge in [-0.3, -0.25) is 19.4 Å². The molecule has 0 radical (unpaired) electrons. The van der Waals surface area contributed by atoms with Gasteiger partial charge in [0.15, 0.2) is 0 Å². The van der Waals surface area contributed by atoms with E-state index in [0.717, 1.165) is 0 Å². The molecule has 27 heavy (non-hydrogen) atoms. The first kappa shape index (κ1) is 28.9. The predicted octanol–water partition coefficient (Wildman–Crippen LogP) is -3.99. The van der Waals surface area contributed by atoms with Crippen molar-refractivity contribution < 1.29 is 86.2 Å². The molecule has 0 saturated heterocycles. The number of carboxylic acids is 3. The van der Waals surface area contributed by atoms with Gasteiger partial charge in [-0.15, -0.1) is 0 Å². The number of nitrogens with zero attached hydrogens (tertiary/aromatic N) is 2. The van der Waals surface area contributed by atoms with Crippen molar-refractivity contribution in [1.82, 2.24) is 9.80 Å². The van der Waals surface area contributed by atoms with Gasteiger partial charge in [-0.2, -0.15) is 0 Å². The first-order valence-corrected chi connectivity index (χ1v) is 8.48. The SMILES string of the molecule is C/C=C/CC(O)CN(CCN(C(C)C(=O)O)C(C)C(=O)O)C(C)C(=O)[O-].[K+]. The summed E-state index contributed by atoms with van der Waals surface area (Å²) in [5.74, 6) is -3.68. The molecule has 0 aliphatic rings. The molecule has 10 heteroatoms. The summed E-state index contributed by atoms with van der Waals surface area (Å²) >= 11 is 0. The third-order valence-electron chi connectivity index (χ3n) is 4.33. The zero-order chi connectivity index (χ0) is 20.4. The van der Waals surface area contributed by atoms with Crippen LogP contribution < -0.4 is 56.5 Å². The molecule has 0 fully saturated rings. The van der Waals surface area contributed by atoms with Crippen molar-refractivity contribution in [1.29, 1.82) is 0 Å². The van der Waals surface area contributed by atoms with Crippen LogP contribution in [0.25, 0.3) is 0 Å². The van der Waals surface area contributed by atoms with E-state index in [9.17, 15) is 34.8 Å². The predicted molar refractivity (Wildman–Crippen MR) is 92.4 cm³/mol. The third kappa shape index (κ3) is 10.7. The Hall–Kier alpha value is -0.334. The van der Waals surface area contributed by atoms with Crippen molar-refractivity contribution in [3.05, 3.63) is 12.2 Å². The molecule has 3 N–H and O–H groups in total. The molecular weight excluding hydrogens is 383 g/mol. The Morgan fingerprint density at radius 1 is 1.00 bits per heavy atom. The maximum atomic E-state index is 11.3. The standard InChI is InChI=1S/C17H30N2O7.K/c1-5-6-7-14(20)10-18(11(2)15(21)22)8-9-19(12(3)16(23)24)13(4)17(25)26;/h5-6,11-14,20H,7-10H2,1-4H3,(H,21,22)(H,23,24)(H,25,26);/q;+1/p-1/b6-5+;. The van der Waals surface area contributed by atoms with Crippen molar-refractivity contribution in [2.24, 2.45) is 0 Å². The van der Waals surface area contributed by atoms with Gasteiger partial charge in [0.2, 0.25) is 0 Å². The number of carbonyl (C=O) groups excluding carboxylic acids is 1. The minimum atomic E-state index is -1.33. The second kappa shape index (κ2) is 14.6. The number of hydrogen-bond acceptors (Lipinski definition) is 7. The molecule has 4 atom stereocenters. The summed E-state index contributed by atoms with van der Waals surface area (Å²) in [5, 5.41) is 39.6. The van der Waals surface area contributed by atoms with Gasteiger partial charge < -0.3 is 25.2 Å². The van der Waals surface area contributed by atoms with Gasteiger partial charge in [0, 0.05) is 25.7 Å². The number of carbonyl (C=O) groups is 3. The molecule has 0 aliphatic carbocycles. The molecule has 0 aromatic heterocycles. The Bertz CT molecular complexity index is 496. The topological polar surface area (TPSA) is 141 Å². The van der Waals surface area contributed by atoms with E-state index in [-0.39, 0.29) is 71.0 Å². The van der Waals surface area contributed by atoms with Crippen molar-refractivity contribution >= 4 is 17.9 Å². The van der Waals surface area contributed by atoms with Crippen LogP contribution in [0.3, 0.4) is 0 Å². The second-order valence-corrected chi connectivity index (χ2v) is 6.21. The van der Waals surface area contributed by atoms with Crippen molar-refractivity contribution in [2.75, 3.05) is 19.6 Å². The van der Waals surface area contributed by atoms with Gasteiger partial charge in [-0.1, -0.05) is 12.2 Å². The molecule has 0 aliphatic heterocycles. The first-order chi connectivity index (χ1) is 12.0. The van der Waals surface area contributed by atoms with Gasteiger partial charge in [0.25, 0.3) is 0 Å². The maximum absolute atomic E-state index is 11.3. The van der Waals surface area contributed by atoms with E-state index in [1.165, 1.54) is 30.6 Å². The minimum Gasteiger partial charge on any atom is -0.548 e. The van der Waals surface area contributed by atoms with Crippen LogP contribution in [0.5, 0.6) is 0 Å². The van der Waals surface area contributed by atoms with E-state index in [1.807, 2.05) is 0 Å². The Morgan fingerprint density at radius 3 is 1.85 bits per heavy atom. The average molecular weight is 413 g/mol. The number of aliphatic hydroxyl groups excluding tert-OH is 1. The fourth-order valence-electron chi connectivity index (χ4n) is 2.48. The van der Waals surface area contributed by atoms with Crippen LogP contribution >= 0.6 is 0 Å². The van der Waals surface area contributed by atoms with Crippen molar-refractivity contribution in [3.63, 3.8) is 0 Å². The van der Waals surface area contributed by atoms with Crippen molar-refractivity contribution in [3.8, 4) is 0 Å². The van der Waals surface area contributed by atoms with E-state index in [2.05, 4.69) is 0 Å². The smallest absolute Gasteiger partial charge is 0.548 e. The van der Waals surface area contributed by atoms with Gasteiger partial charge in [-0.25, -0.2) is 0 Å². The monoisotopic (exact) mass is 412 g/mol. The molecule has 0 bridgehead atoms. The van der Waals surface area contributed by atoms with E-state index >= 15 is 0 Å². The minimum absolute atomic E-state index is 0. The largest absolute Gasteiger partial charge is 1.00 e.